The summed E-state index contributed by atoms with van der Waals surface area (Å²) in [5.74, 6) is 1.56. The Kier molecular flexibility index (Phi) is 4.00. The largest absolute Gasteiger partial charge is 0.489 e. The summed E-state index contributed by atoms with van der Waals surface area (Å²) in [6.07, 6.45) is 4.17. The van der Waals surface area contributed by atoms with Gasteiger partial charge in [0.15, 0.2) is 0 Å². The van der Waals surface area contributed by atoms with Crippen LogP contribution in [0.4, 0.5) is 11.4 Å². The second-order valence-electron chi connectivity index (χ2n) is 5.51. The molecule has 1 saturated carbocycles. The molecule has 0 aliphatic heterocycles. The van der Waals surface area contributed by atoms with E-state index in [1.54, 1.807) is 0 Å². The third kappa shape index (κ3) is 2.89. The lowest BCUT2D eigenvalue weighted by Crippen LogP contribution is -2.31. The molecular formula is C15H24N2O. The Hall–Kier alpha value is -1.38. The van der Waals surface area contributed by atoms with E-state index in [-0.39, 0.29) is 6.10 Å². The number of para-hydroxylation sites is 1. The molecule has 0 radical (unpaired) electrons. The van der Waals surface area contributed by atoms with Crippen LogP contribution in [0.5, 0.6) is 5.75 Å². The highest BCUT2D eigenvalue weighted by Crippen LogP contribution is 2.34. The zero-order valence-electron chi connectivity index (χ0n) is 11.6. The standard InChI is InChI=1S/C15H24N2O/c1-10(2)18-14-9-5-8-13(15(14)16)17-11(3)12-6-4-7-12/h5,8-12,17H,4,6-7,16H2,1-3H3. The van der Waals surface area contributed by atoms with Crippen LogP contribution in [0, 0.1) is 5.92 Å². The molecule has 1 aliphatic rings. The molecule has 1 aromatic carbocycles. The number of nitrogens with two attached hydrogens (primary N) is 1. The molecule has 0 spiro atoms. The van der Waals surface area contributed by atoms with E-state index in [0.717, 1.165) is 23.0 Å². The fourth-order valence-electron chi connectivity index (χ4n) is 2.33. The minimum absolute atomic E-state index is 0.145. The van der Waals surface area contributed by atoms with Crippen LogP contribution in [0.25, 0.3) is 0 Å². The summed E-state index contributed by atoms with van der Waals surface area (Å²) >= 11 is 0. The van der Waals surface area contributed by atoms with Crippen molar-refractivity contribution in [2.24, 2.45) is 5.92 Å². The van der Waals surface area contributed by atoms with E-state index < -0.39 is 0 Å². The molecule has 0 saturated heterocycles. The Bertz CT molecular complexity index is 399. The molecule has 1 unspecified atom stereocenters. The van der Waals surface area contributed by atoms with Crippen LogP contribution < -0.4 is 15.8 Å². The van der Waals surface area contributed by atoms with Crippen LogP contribution in [0.3, 0.4) is 0 Å². The number of anilines is 2. The van der Waals surface area contributed by atoms with E-state index in [4.69, 9.17) is 10.5 Å². The third-order valence-corrected chi connectivity index (χ3v) is 3.67. The van der Waals surface area contributed by atoms with Crippen LogP contribution in [0.2, 0.25) is 0 Å². The highest BCUT2D eigenvalue weighted by molar-refractivity contribution is 5.73. The van der Waals surface area contributed by atoms with Gasteiger partial charge in [0, 0.05) is 6.04 Å². The molecule has 1 aromatic rings. The lowest BCUT2D eigenvalue weighted by atomic mass is 9.80. The Balaban J connectivity index is 2.07. The first-order valence-corrected chi connectivity index (χ1v) is 6.89. The van der Waals surface area contributed by atoms with Crippen LogP contribution in [0.1, 0.15) is 40.0 Å². The van der Waals surface area contributed by atoms with Crippen molar-refractivity contribution in [2.45, 2.75) is 52.2 Å². The van der Waals surface area contributed by atoms with Gasteiger partial charge in [-0.3, -0.25) is 0 Å². The van der Waals surface area contributed by atoms with E-state index in [1.165, 1.54) is 19.3 Å². The predicted molar refractivity (Wildman–Crippen MR) is 77.0 cm³/mol. The summed E-state index contributed by atoms with van der Waals surface area (Å²) in [5.41, 5.74) is 7.86. The van der Waals surface area contributed by atoms with Crippen molar-refractivity contribution in [1.82, 2.24) is 0 Å². The van der Waals surface area contributed by atoms with Gasteiger partial charge in [0.05, 0.1) is 17.5 Å². The minimum atomic E-state index is 0.145. The number of nitrogen functional groups attached to an aromatic ring is 1. The molecule has 2 rings (SSSR count). The number of rotatable bonds is 5. The van der Waals surface area contributed by atoms with Gasteiger partial charge in [0.25, 0.3) is 0 Å². The van der Waals surface area contributed by atoms with Crippen LogP contribution >= 0.6 is 0 Å². The van der Waals surface area contributed by atoms with Crippen molar-refractivity contribution in [3.63, 3.8) is 0 Å². The first-order valence-electron chi connectivity index (χ1n) is 6.89. The van der Waals surface area contributed by atoms with Crippen LogP contribution in [-0.2, 0) is 0 Å². The maximum Gasteiger partial charge on any atom is 0.144 e. The summed E-state index contributed by atoms with van der Waals surface area (Å²) in [5, 5.41) is 3.52. The fourth-order valence-corrected chi connectivity index (χ4v) is 2.33. The summed E-state index contributed by atoms with van der Waals surface area (Å²) in [6, 6.07) is 6.42. The maximum atomic E-state index is 6.15. The van der Waals surface area contributed by atoms with E-state index in [2.05, 4.69) is 12.2 Å². The second kappa shape index (κ2) is 5.51. The smallest absolute Gasteiger partial charge is 0.144 e. The predicted octanol–water partition coefficient (Wildman–Crippen LogP) is 3.66. The Morgan fingerprint density at radius 3 is 2.56 bits per heavy atom. The van der Waals surface area contributed by atoms with Gasteiger partial charge in [-0.05, 0) is 51.7 Å². The number of nitrogens with one attached hydrogen (secondary N) is 1. The zero-order chi connectivity index (χ0) is 13.1. The van der Waals surface area contributed by atoms with Gasteiger partial charge in [0.1, 0.15) is 5.75 Å². The summed E-state index contributed by atoms with van der Waals surface area (Å²) in [6.45, 7) is 6.26. The molecule has 100 valence electrons. The molecule has 1 fully saturated rings. The van der Waals surface area contributed by atoms with Crippen molar-refractivity contribution in [3.8, 4) is 5.75 Å². The highest BCUT2D eigenvalue weighted by Gasteiger charge is 2.24. The molecule has 3 nitrogen and oxygen atoms in total. The van der Waals surface area contributed by atoms with Gasteiger partial charge in [-0.1, -0.05) is 12.5 Å². The molecule has 0 heterocycles. The summed E-state index contributed by atoms with van der Waals surface area (Å²) < 4.78 is 5.70. The topological polar surface area (TPSA) is 47.3 Å². The average molecular weight is 248 g/mol. The zero-order valence-corrected chi connectivity index (χ0v) is 11.6. The van der Waals surface area contributed by atoms with E-state index in [9.17, 15) is 0 Å². The molecular weight excluding hydrogens is 224 g/mol. The summed E-state index contributed by atoms with van der Waals surface area (Å²) in [4.78, 5) is 0. The SMILES string of the molecule is CC(C)Oc1cccc(NC(C)C2CCC2)c1N. The summed E-state index contributed by atoms with van der Waals surface area (Å²) in [7, 11) is 0. The van der Waals surface area contributed by atoms with Gasteiger partial charge in [-0.15, -0.1) is 0 Å². The molecule has 1 atom stereocenters. The quantitative estimate of drug-likeness (QED) is 0.782. The maximum absolute atomic E-state index is 6.15. The Morgan fingerprint density at radius 2 is 2.00 bits per heavy atom. The molecule has 0 aromatic heterocycles. The second-order valence-corrected chi connectivity index (χ2v) is 5.51. The number of hydrogen-bond acceptors (Lipinski definition) is 3. The number of hydrogen-bond donors (Lipinski definition) is 2. The Morgan fingerprint density at radius 1 is 1.28 bits per heavy atom. The normalized spacial score (nSPS) is 17.3. The lowest BCUT2D eigenvalue weighted by Gasteiger charge is -2.33. The third-order valence-electron chi connectivity index (χ3n) is 3.67. The van der Waals surface area contributed by atoms with Gasteiger partial charge in [-0.25, -0.2) is 0 Å². The van der Waals surface area contributed by atoms with Gasteiger partial charge in [-0.2, -0.15) is 0 Å². The van der Waals surface area contributed by atoms with Gasteiger partial charge >= 0.3 is 0 Å². The van der Waals surface area contributed by atoms with Crippen molar-refractivity contribution >= 4 is 11.4 Å². The molecule has 3 heteroatoms. The average Bonchev–Trinajstić information content (AvgIpc) is 2.20. The number of ether oxygens (including phenoxy) is 1. The van der Waals surface area contributed by atoms with Crippen molar-refractivity contribution in [2.75, 3.05) is 11.1 Å². The van der Waals surface area contributed by atoms with Crippen molar-refractivity contribution in [1.29, 1.82) is 0 Å². The molecule has 18 heavy (non-hydrogen) atoms. The van der Waals surface area contributed by atoms with Crippen LogP contribution in [0.15, 0.2) is 18.2 Å². The molecule has 3 N–H and O–H groups in total. The van der Waals surface area contributed by atoms with Crippen molar-refractivity contribution < 1.29 is 4.74 Å². The molecule has 1 aliphatic carbocycles. The van der Waals surface area contributed by atoms with E-state index >= 15 is 0 Å². The van der Waals surface area contributed by atoms with E-state index in [0.29, 0.717) is 6.04 Å². The number of benzene rings is 1. The first kappa shape index (κ1) is 13.1. The minimum Gasteiger partial charge on any atom is -0.489 e. The van der Waals surface area contributed by atoms with Crippen LogP contribution in [-0.4, -0.2) is 12.1 Å². The first-order chi connectivity index (χ1) is 8.58. The molecule has 0 bridgehead atoms. The van der Waals surface area contributed by atoms with E-state index in [1.807, 2.05) is 32.0 Å². The monoisotopic (exact) mass is 248 g/mol. The van der Waals surface area contributed by atoms with Gasteiger partial charge < -0.3 is 15.8 Å². The fraction of sp³-hybridized carbons (Fsp3) is 0.600. The van der Waals surface area contributed by atoms with Gasteiger partial charge in [0.2, 0.25) is 0 Å². The molecule has 0 amide bonds. The Labute approximate surface area is 110 Å². The highest BCUT2D eigenvalue weighted by atomic mass is 16.5. The lowest BCUT2D eigenvalue weighted by molar-refractivity contribution is 0.244. The van der Waals surface area contributed by atoms with Crippen molar-refractivity contribution in [3.05, 3.63) is 18.2 Å².